The number of aliphatic imine (C=N–C) groups is 1. The monoisotopic (exact) mass is 180 g/mol. The summed E-state index contributed by atoms with van der Waals surface area (Å²) >= 11 is 0. The number of nitrogens with two attached hydrogens (primary N) is 1. The zero-order chi connectivity index (χ0) is 10.0. The zero-order valence-corrected chi connectivity index (χ0v) is 8.63. The highest BCUT2D eigenvalue weighted by Crippen LogP contribution is 2.12. The standard InChI is InChI=1S/C9H16N4/c1-6-9(5-11-8(3)10)7(2)13(4)12-6/h5H2,1-4H3,(H2,10,11). The SMILES string of the molecule is CC(N)=NCc1c(C)nn(C)c1C. The van der Waals surface area contributed by atoms with Gasteiger partial charge in [-0.15, -0.1) is 0 Å². The topological polar surface area (TPSA) is 56.2 Å². The first-order chi connectivity index (χ1) is 6.02. The minimum Gasteiger partial charge on any atom is -0.388 e. The lowest BCUT2D eigenvalue weighted by Gasteiger charge is -1.97. The highest BCUT2D eigenvalue weighted by molar-refractivity contribution is 5.77. The van der Waals surface area contributed by atoms with Crippen LogP contribution in [0.25, 0.3) is 0 Å². The summed E-state index contributed by atoms with van der Waals surface area (Å²) in [6.45, 7) is 6.45. The number of nitrogens with zero attached hydrogens (tertiary/aromatic N) is 3. The molecule has 0 saturated heterocycles. The second-order valence-electron chi connectivity index (χ2n) is 3.23. The van der Waals surface area contributed by atoms with Gasteiger partial charge in [-0.05, 0) is 20.8 Å². The molecular weight excluding hydrogens is 164 g/mol. The van der Waals surface area contributed by atoms with E-state index >= 15 is 0 Å². The van der Waals surface area contributed by atoms with E-state index in [1.165, 1.54) is 5.56 Å². The molecule has 0 atom stereocenters. The number of rotatable bonds is 2. The number of hydrogen-bond acceptors (Lipinski definition) is 2. The molecular formula is C9H16N4. The summed E-state index contributed by atoms with van der Waals surface area (Å²) in [7, 11) is 1.94. The van der Waals surface area contributed by atoms with Crippen LogP contribution in [0.5, 0.6) is 0 Å². The smallest absolute Gasteiger partial charge is 0.0909 e. The Kier molecular flexibility index (Phi) is 2.70. The first kappa shape index (κ1) is 9.77. The number of hydrogen-bond donors (Lipinski definition) is 1. The molecule has 0 aromatic carbocycles. The van der Waals surface area contributed by atoms with E-state index in [4.69, 9.17) is 5.73 Å². The van der Waals surface area contributed by atoms with Crippen LogP contribution in [0.4, 0.5) is 0 Å². The second kappa shape index (κ2) is 3.60. The predicted molar refractivity (Wildman–Crippen MR) is 53.7 cm³/mol. The van der Waals surface area contributed by atoms with Gasteiger partial charge in [-0.25, -0.2) is 0 Å². The van der Waals surface area contributed by atoms with E-state index in [0.29, 0.717) is 12.4 Å². The van der Waals surface area contributed by atoms with Crippen molar-refractivity contribution in [3.63, 3.8) is 0 Å². The summed E-state index contributed by atoms with van der Waals surface area (Å²) in [5.41, 5.74) is 8.83. The van der Waals surface area contributed by atoms with Crippen molar-refractivity contribution < 1.29 is 0 Å². The molecule has 2 N–H and O–H groups in total. The van der Waals surface area contributed by atoms with Crippen LogP contribution in [0.2, 0.25) is 0 Å². The summed E-state index contributed by atoms with van der Waals surface area (Å²) in [4.78, 5) is 4.17. The van der Waals surface area contributed by atoms with Crippen LogP contribution in [0.1, 0.15) is 23.9 Å². The third kappa shape index (κ3) is 2.08. The Labute approximate surface area is 78.5 Å². The van der Waals surface area contributed by atoms with Gasteiger partial charge in [0.15, 0.2) is 0 Å². The summed E-state index contributed by atoms with van der Waals surface area (Å²) in [5.74, 6) is 0.614. The molecule has 72 valence electrons. The molecule has 0 saturated carbocycles. The maximum Gasteiger partial charge on any atom is 0.0909 e. The molecule has 1 aromatic heterocycles. The van der Waals surface area contributed by atoms with Crippen LogP contribution < -0.4 is 5.73 Å². The third-order valence-corrected chi connectivity index (χ3v) is 2.15. The van der Waals surface area contributed by atoms with Gasteiger partial charge in [0.25, 0.3) is 0 Å². The quantitative estimate of drug-likeness (QED) is 0.543. The molecule has 0 aliphatic rings. The van der Waals surface area contributed by atoms with Crippen LogP contribution >= 0.6 is 0 Å². The number of aryl methyl sites for hydroxylation is 2. The van der Waals surface area contributed by atoms with Crippen molar-refractivity contribution in [1.29, 1.82) is 0 Å². The molecule has 0 unspecified atom stereocenters. The highest BCUT2D eigenvalue weighted by atomic mass is 15.3. The molecule has 4 heteroatoms. The molecule has 4 nitrogen and oxygen atoms in total. The van der Waals surface area contributed by atoms with E-state index in [9.17, 15) is 0 Å². The molecule has 1 aromatic rings. The average Bonchev–Trinajstić information content (AvgIpc) is 2.24. The average molecular weight is 180 g/mol. The van der Waals surface area contributed by atoms with Gasteiger partial charge in [-0.2, -0.15) is 5.10 Å². The molecule has 0 fully saturated rings. The molecule has 0 bridgehead atoms. The van der Waals surface area contributed by atoms with Crippen molar-refractivity contribution in [2.45, 2.75) is 27.3 Å². The normalized spacial score (nSPS) is 12.2. The fourth-order valence-corrected chi connectivity index (χ4v) is 1.25. The summed E-state index contributed by atoms with van der Waals surface area (Å²) < 4.78 is 1.87. The Hall–Kier alpha value is -1.32. The van der Waals surface area contributed by atoms with E-state index in [-0.39, 0.29) is 0 Å². The first-order valence-electron chi connectivity index (χ1n) is 4.28. The van der Waals surface area contributed by atoms with Gasteiger partial charge in [0.1, 0.15) is 0 Å². The Balaban J connectivity index is 2.94. The zero-order valence-electron chi connectivity index (χ0n) is 8.63. The predicted octanol–water partition coefficient (Wildman–Crippen LogP) is 0.914. The van der Waals surface area contributed by atoms with E-state index in [0.717, 1.165) is 11.4 Å². The van der Waals surface area contributed by atoms with Crippen molar-refractivity contribution in [2.75, 3.05) is 0 Å². The third-order valence-electron chi connectivity index (χ3n) is 2.15. The van der Waals surface area contributed by atoms with Gasteiger partial charge in [-0.1, -0.05) is 0 Å². The number of aromatic nitrogens is 2. The van der Waals surface area contributed by atoms with E-state index < -0.39 is 0 Å². The van der Waals surface area contributed by atoms with Gasteiger partial charge < -0.3 is 5.73 Å². The molecule has 0 amide bonds. The highest BCUT2D eigenvalue weighted by Gasteiger charge is 2.07. The molecule has 1 rings (SSSR count). The molecule has 0 aliphatic carbocycles. The van der Waals surface area contributed by atoms with Crippen molar-refractivity contribution in [3.8, 4) is 0 Å². The fourth-order valence-electron chi connectivity index (χ4n) is 1.25. The minimum atomic E-state index is 0.614. The molecule has 0 aliphatic heterocycles. The Morgan fingerprint density at radius 2 is 2.15 bits per heavy atom. The van der Waals surface area contributed by atoms with Gasteiger partial charge in [0.05, 0.1) is 18.1 Å². The summed E-state index contributed by atoms with van der Waals surface area (Å²) in [5, 5.41) is 4.30. The Bertz CT molecular complexity index is 332. The second-order valence-corrected chi connectivity index (χ2v) is 3.23. The van der Waals surface area contributed by atoms with E-state index in [2.05, 4.69) is 10.1 Å². The lowest BCUT2D eigenvalue weighted by atomic mass is 10.2. The van der Waals surface area contributed by atoms with Crippen LogP contribution in [0, 0.1) is 13.8 Å². The lowest BCUT2D eigenvalue weighted by molar-refractivity contribution is 0.730. The number of amidine groups is 1. The van der Waals surface area contributed by atoms with Crippen molar-refractivity contribution in [2.24, 2.45) is 17.8 Å². The fraction of sp³-hybridized carbons (Fsp3) is 0.556. The summed E-state index contributed by atoms with van der Waals surface area (Å²) in [6, 6.07) is 0. The molecule has 1 heterocycles. The maximum atomic E-state index is 5.47. The first-order valence-corrected chi connectivity index (χ1v) is 4.28. The Morgan fingerprint density at radius 3 is 2.54 bits per heavy atom. The van der Waals surface area contributed by atoms with E-state index in [1.54, 1.807) is 6.92 Å². The lowest BCUT2D eigenvalue weighted by Crippen LogP contribution is -2.05. The van der Waals surface area contributed by atoms with Gasteiger partial charge in [0, 0.05) is 18.3 Å². The van der Waals surface area contributed by atoms with Gasteiger partial charge in [-0.3, -0.25) is 9.67 Å². The van der Waals surface area contributed by atoms with Gasteiger partial charge >= 0.3 is 0 Å². The van der Waals surface area contributed by atoms with Crippen LogP contribution in [0.3, 0.4) is 0 Å². The largest absolute Gasteiger partial charge is 0.388 e. The Morgan fingerprint density at radius 1 is 1.54 bits per heavy atom. The molecule has 13 heavy (non-hydrogen) atoms. The van der Waals surface area contributed by atoms with Crippen molar-refractivity contribution in [1.82, 2.24) is 9.78 Å². The van der Waals surface area contributed by atoms with Crippen LogP contribution in [-0.4, -0.2) is 15.6 Å². The molecule has 0 radical (unpaired) electrons. The van der Waals surface area contributed by atoms with Crippen molar-refractivity contribution in [3.05, 3.63) is 17.0 Å². The minimum absolute atomic E-state index is 0.614. The van der Waals surface area contributed by atoms with Gasteiger partial charge in [0.2, 0.25) is 0 Å². The van der Waals surface area contributed by atoms with Crippen LogP contribution in [0.15, 0.2) is 4.99 Å². The van der Waals surface area contributed by atoms with E-state index in [1.807, 2.05) is 25.6 Å². The van der Waals surface area contributed by atoms with Crippen molar-refractivity contribution >= 4 is 5.84 Å². The maximum absolute atomic E-state index is 5.47. The summed E-state index contributed by atoms with van der Waals surface area (Å²) in [6.07, 6.45) is 0. The molecule has 0 spiro atoms. The van der Waals surface area contributed by atoms with Crippen LogP contribution in [-0.2, 0) is 13.6 Å².